The quantitative estimate of drug-likeness (QED) is 0.846. The average molecular weight is 266 g/mol. The summed E-state index contributed by atoms with van der Waals surface area (Å²) < 4.78 is 25.8. The highest BCUT2D eigenvalue weighted by atomic mass is 79.9. The van der Waals surface area contributed by atoms with Gasteiger partial charge >= 0.3 is 0 Å². The van der Waals surface area contributed by atoms with Crippen LogP contribution in [0.1, 0.15) is 17.6 Å². The third kappa shape index (κ3) is 3.01. The molecule has 0 heterocycles. The molecule has 2 nitrogen and oxygen atoms in total. The van der Waals surface area contributed by atoms with E-state index in [2.05, 4.69) is 26.2 Å². The van der Waals surface area contributed by atoms with Crippen molar-refractivity contribution in [3.05, 3.63) is 33.8 Å². The molecule has 0 amide bonds. The van der Waals surface area contributed by atoms with Crippen LogP contribution in [0.2, 0.25) is 0 Å². The molecule has 1 aromatic rings. The lowest BCUT2D eigenvalue weighted by Crippen LogP contribution is -2.12. The van der Waals surface area contributed by atoms with Crippen LogP contribution in [-0.2, 0) is 11.4 Å². The monoisotopic (exact) mass is 265 g/mol. The van der Waals surface area contributed by atoms with Crippen molar-refractivity contribution in [2.24, 2.45) is 0 Å². The lowest BCUT2D eigenvalue weighted by atomic mass is 10.1. The van der Waals surface area contributed by atoms with Gasteiger partial charge in [-0.1, -0.05) is 22.0 Å². The van der Waals surface area contributed by atoms with Crippen molar-refractivity contribution in [1.82, 2.24) is 5.48 Å². The van der Waals surface area contributed by atoms with Crippen LogP contribution in [0.25, 0.3) is 0 Å². The normalized spacial score (nSPS) is 10.9. The highest BCUT2D eigenvalue weighted by molar-refractivity contribution is 9.10. The van der Waals surface area contributed by atoms with Crippen LogP contribution in [0.3, 0.4) is 0 Å². The number of benzene rings is 1. The van der Waals surface area contributed by atoms with E-state index in [0.717, 1.165) is 4.47 Å². The first kappa shape index (κ1) is 11.6. The van der Waals surface area contributed by atoms with Gasteiger partial charge in [-0.05, 0) is 17.7 Å². The van der Waals surface area contributed by atoms with Gasteiger partial charge in [0, 0.05) is 16.6 Å². The molecule has 1 rings (SSSR count). The number of nitrogens with one attached hydrogen (secondary N) is 1. The summed E-state index contributed by atoms with van der Waals surface area (Å²) in [5.74, 6) is 0. The molecule has 1 aromatic carbocycles. The fourth-order valence-corrected chi connectivity index (χ4v) is 1.50. The second-order valence-corrected chi connectivity index (χ2v) is 3.58. The van der Waals surface area contributed by atoms with Crippen LogP contribution in [0.15, 0.2) is 22.7 Å². The van der Waals surface area contributed by atoms with Crippen molar-refractivity contribution < 1.29 is 13.6 Å². The fraction of sp³-hybridized carbons (Fsp3) is 0.333. The molecule has 5 heteroatoms. The van der Waals surface area contributed by atoms with Gasteiger partial charge in [-0.2, -0.15) is 5.48 Å². The first-order valence-electron chi connectivity index (χ1n) is 3.97. The van der Waals surface area contributed by atoms with Gasteiger partial charge in [-0.3, -0.25) is 0 Å². The summed E-state index contributed by atoms with van der Waals surface area (Å²) in [5, 5.41) is 0. The Bertz CT molecular complexity index is 307. The molecule has 1 N–H and O–H groups in total. The van der Waals surface area contributed by atoms with E-state index in [1.807, 2.05) is 0 Å². The Kier molecular flexibility index (Phi) is 4.44. The van der Waals surface area contributed by atoms with E-state index in [0.29, 0.717) is 5.56 Å². The van der Waals surface area contributed by atoms with Gasteiger partial charge in [-0.15, -0.1) is 0 Å². The van der Waals surface area contributed by atoms with Crippen molar-refractivity contribution >= 4 is 15.9 Å². The molecule has 0 atom stereocenters. The van der Waals surface area contributed by atoms with E-state index >= 15 is 0 Å². The Morgan fingerprint density at radius 1 is 1.50 bits per heavy atom. The zero-order chi connectivity index (χ0) is 10.6. The molecular weight excluding hydrogens is 256 g/mol. The van der Waals surface area contributed by atoms with E-state index in [1.54, 1.807) is 12.1 Å². The van der Waals surface area contributed by atoms with Gasteiger partial charge in [0.2, 0.25) is 0 Å². The molecule has 0 saturated carbocycles. The summed E-state index contributed by atoms with van der Waals surface area (Å²) in [5.41, 5.74) is 3.08. The van der Waals surface area contributed by atoms with Gasteiger partial charge in [0.25, 0.3) is 6.43 Å². The standard InChI is InChI=1S/C9H10BrF2NO/c1-14-13-5-6-4-7(10)2-3-8(6)9(11)12/h2-4,9,13H,5H2,1H3. The second kappa shape index (κ2) is 5.38. The predicted octanol–water partition coefficient (Wildman–Crippen LogP) is 3.04. The molecule has 78 valence electrons. The van der Waals surface area contributed by atoms with E-state index in [-0.39, 0.29) is 12.1 Å². The summed E-state index contributed by atoms with van der Waals surface area (Å²) in [6.07, 6.45) is -2.46. The SMILES string of the molecule is CONCc1cc(Br)ccc1C(F)F. The minimum absolute atomic E-state index is 0.0257. The van der Waals surface area contributed by atoms with Crippen LogP contribution >= 0.6 is 15.9 Å². The first-order chi connectivity index (χ1) is 6.65. The third-order valence-corrected chi connectivity index (χ3v) is 2.24. The predicted molar refractivity (Wildman–Crippen MR) is 52.9 cm³/mol. The van der Waals surface area contributed by atoms with Gasteiger partial charge in [0.15, 0.2) is 0 Å². The number of halogens is 3. The number of rotatable bonds is 4. The number of hydroxylamine groups is 1. The van der Waals surface area contributed by atoms with Crippen LogP contribution in [0, 0.1) is 0 Å². The van der Waals surface area contributed by atoms with E-state index in [9.17, 15) is 8.78 Å². The molecule has 14 heavy (non-hydrogen) atoms. The van der Waals surface area contributed by atoms with Crippen molar-refractivity contribution in [3.63, 3.8) is 0 Å². The lowest BCUT2D eigenvalue weighted by molar-refractivity contribution is 0.0849. The van der Waals surface area contributed by atoms with Crippen molar-refractivity contribution in [1.29, 1.82) is 0 Å². The first-order valence-corrected chi connectivity index (χ1v) is 4.76. The molecule has 0 bridgehead atoms. The number of alkyl halides is 2. The average Bonchev–Trinajstić information content (AvgIpc) is 2.14. The topological polar surface area (TPSA) is 21.3 Å². The van der Waals surface area contributed by atoms with Crippen LogP contribution in [0.4, 0.5) is 8.78 Å². The molecule has 0 aliphatic carbocycles. The Morgan fingerprint density at radius 3 is 2.79 bits per heavy atom. The Balaban J connectivity index is 2.91. The van der Waals surface area contributed by atoms with Gasteiger partial charge in [-0.25, -0.2) is 8.78 Å². The van der Waals surface area contributed by atoms with Gasteiger partial charge in [0.1, 0.15) is 0 Å². The maximum Gasteiger partial charge on any atom is 0.264 e. The molecule has 0 unspecified atom stereocenters. The number of hydrogen-bond acceptors (Lipinski definition) is 2. The van der Waals surface area contributed by atoms with Crippen LogP contribution in [0.5, 0.6) is 0 Å². The Labute approximate surface area is 89.3 Å². The van der Waals surface area contributed by atoms with Crippen LogP contribution in [-0.4, -0.2) is 7.11 Å². The van der Waals surface area contributed by atoms with Gasteiger partial charge < -0.3 is 4.84 Å². The minimum atomic E-state index is -2.46. The summed E-state index contributed by atoms with van der Waals surface area (Å²) >= 11 is 3.22. The molecular formula is C9H10BrF2NO. The van der Waals surface area contributed by atoms with Crippen molar-refractivity contribution in [3.8, 4) is 0 Å². The summed E-state index contributed by atoms with van der Waals surface area (Å²) in [7, 11) is 1.44. The summed E-state index contributed by atoms with van der Waals surface area (Å²) in [4.78, 5) is 4.61. The highest BCUT2D eigenvalue weighted by Crippen LogP contribution is 2.25. The summed E-state index contributed by atoms with van der Waals surface area (Å²) in [6, 6.07) is 4.65. The minimum Gasteiger partial charge on any atom is -0.305 e. The maximum absolute atomic E-state index is 12.5. The molecule has 0 aromatic heterocycles. The zero-order valence-corrected chi connectivity index (χ0v) is 9.14. The van der Waals surface area contributed by atoms with E-state index in [4.69, 9.17) is 0 Å². The summed E-state index contributed by atoms with van der Waals surface area (Å²) in [6.45, 7) is 0.260. The molecule has 0 saturated heterocycles. The van der Waals surface area contributed by atoms with Crippen LogP contribution < -0.4 is 5.48 Å². The Morgan fingerprint density at radius 2 is 2.21 bits per heavy atom. The molecule has 0 aliphatic heterocycles. The van der Waals surface area contributed by atoms with E-state index in [1.165, 1.54) is 13.2 Å². The highest BCUT2D eigenvalue weighted by Gasteiger charge is 2.12. The zero-order valence-electron chi connectivity index (χ0n) is 7.56. The van der Waals surface area contributed by atoms with Gasteiger partial charge in [0.05, 0.1) is 7.11 Å². The fourth-order valence-electron chi connectivity index (χ4n) is 1.09. The molecule has 0 radical (unpaired) electrons. The molecule has 0 spiro atoms. The second-order valence-electron chi connectivity index (χ2n) is 2.67. The largest absolute Gasteiger partial charge is 0.305 e. The Hall–Kier alpha value is -0.520. The molecule has 0 fully saturated rings. The lowest BCUT2D eigenvalue weighted by Gasteiger charge is -2.09. The van der Waals surface area contributed by atoms with E-state index < -0.39 is 6.43 Å². The van der Waals surface area contributed by atoms with Crippen molar-refractivity contribution in [2.75, 3.05) is 7.11 Å². The third-order valence-electron chi connectivity index (χ3n) is 1.75. The smallest absolute Gasteiger partial charge is 0.264 e. The maximum atomic E-state index is 12.5. The van der Waals surface area contributed by atoms with Crippen molar-refractivity contribution in [2.45, 2.75) is 13.0 Å². The number of hydrogen-bond donors (Lipinski definition) is 1. The molecule has 0 aliphatic rings.